The number of nitrogens with zero attached hydrogens (tertiary/aromatic N) is 2. The van der Waals surface area contributed by atoms with Gasteiger partial charge in [-0.15, -0.1) is 0 Å². The van der Waals surface area contributed by atoms with Crippen molar-refractivity contribution < 1.29 is 23.3 Å². The van der Waals surface area contributed by atoms with E-state index >= 15 is 4.39 Å². The molecule has 0 spiro atoms. The number of ether oxygens (including phenoxy) is 4. The summed E-state index contributed by atoms with van der Waals surface area (Å²) < 4.78 is 38.0. The lowest BCUT2D eigenvalue weighted by Gasteiger charge is -2.22. The van der Waals surface area contributed by atoms with Crippen molar-refractivity contribution in [3.05, 3.63) is 59.7 Å². The molecule has 1 fully saturated rings. The van der Waals surface area contributed by atoms with Crippen molar-refractivity contribution in [2.75, 3.05) is 26.4 Å². The van der Waals surface area contributed by atoms with Gasteiger partial charge >= 0.3 is 0 Å². The summed E-state index contributed by atoms with van der Waals surface area (Å²) in [7, 11) is 0. The predicted octanol–water partition coefficient (Wildman–Crippen LogP) is 5.40. The summed E-state index contributed by atoms with van der Waals surface area (Å²) in [6.07, 6.45) is 3.52. The van der Waals surface area contributed by atoms with Gasteiger partial charge in [-0.1, -0.05) is 0 Å². The normalized spacial score (nSPS) is 14.4. The standard InChI is InChI=1S/C26H24FN3O4/c1-16-12-20-21(30-16)2-3-24(26(20)27)34-23-4-7-29-22-14-25(17(15-28)13-19(22)23)33-11-10-32-18-5-8-31-9-6-18/h2-4,7,12-14,18,30H,5-6,8-11H2,1H3. The first-order valence-corrected chi connectivity index (χ1v) is 11.2. The summed E-state index contributed by atoms with van der Waals surface area (Å²) in [6.45, 7) is 4.04. The number of pyridine rings is 1. The van der Waals surface area contributed by atoms with Crippen LogP contribution in [-0.2, 0) is 9.47 Å². The summed E-state index contributed by atoms with van der Waals surface area (Å²) >= 11 is 0. The lowest BCUT2D eigenvalue weighted by atomic mass is 10.1. The largest absolute Gasteiger partial charge is 0.490 e. The van der Waals surface area contributed by atoms with Crippen LogP contribution in [0.4, 0.5) is 4.39 Å². The molecule has 1 saturated heterocycles. The fourth-order valence-corrected chi connectivity index (χ4v) is 4.14. The molecule has 0 saturated carbocycles. The van der Waals surface area contributed by atoms with Crippen LogP contribution in [0.5, 0.6) is 17.2 Å². The Morgan fingerprint density at radius 3 is 2.76 bits per heavy atom. The van der Waals surface area contributed by atoms with E-state index in [-0.39, 0.29) is 11.9 Å². The van der Waals surface area contributed by atoms with Gasteiger partial charge in [0.25, 0.3) is 0 Å². The number of rotatable bonds is 7. The molecule has 4 aromatic rings. The van der Waals surface area contributed by atoms with Crippen LogP contribution in [-0.4, -0.2) is 42.5 Å². The van der Waals surface area contributed by atoms with Gasteiger partial charge in [0.15, 0.2) is 11.6 Å². The quantitative estimate of drug-likeness (QED) is 0.371. The molecule has 0 bridgehead atoms. The molecule has 1 aliphatic heterocycles. The van der Waals surface area contributed by atoms with Gasteiger partial charge in [-0.05, 0) is 50.1 Å². The van der Waals surface area contributed by atoms with Gasteiger partial charge in [0.2, 0.25) is 0 Å². The lowest BCUT2D eigenvalue weighted by molar-refractivity contribution is -0.0388. The second-order valence-corrected chi connectivity index (χ2v) is 8.21. The third-order valence-corrected chi connectivity index (χ3v) is 5.84. The maximum absolute atomic E-state index is 15.0. The highest BCUT2D eigenvalue weighted by molar-refractivity contribution is 5.88. The van der Waals surface area contributed by atoms with E-state index in [4.69, 9.17) is 18.9 Å². The number of nitriles is 1. The third kappa shape index (κ3) is 4.53. The molecule has 174 valence electrons. The zero-order chi connectivity index (χ0) is 23.5. The van der Waals surface area contributed by atoms with E-state index in [2.05, 4.69) is 16.0 Å². The van der Waals surface area contributed by atoms with E-state index in [1.807, 2.05) is 6.92 Å². The van der Waals surface area contributed by atoms with Crippen LogP contribution in [0.2, 0.25) is 0 Å². The highest BCUT2D eigenvalue weighted by Gasteiger charge is 2.16. The van der Waals surface area contributed by atoms with Crippen LogP contribution in [0.15, 0.2) is 42.6 Å². The van der Waals surface area contributed by atoms with Gasteiger partial charge in [0, 0.05) is 47.5 Å². The molecular formula is C26H24FN3O4. The van der Waals surface area contributed by atoms with E-state index in [0.717, 1.165) is 18.5 Å². The smallest absolute Gasteiger partial charge is 0.175 e. The molecule has 1 N–H and O–H groups in total. The van der Waals surface area contributed by atoms with Crippen molar-refractivity contribution >= 4 is 21.8 Å². The SMILES string of the molecule is Cc1cc2c(F)c(Oc3ccnc4cc(OCCOC5CCOCC5)c(C#N)cc34)ccc2[nH]1. The van der Waals surface area contributed by atoms with Crippen LogP contribution in [0.3, 0.4) is 0 Å². The molecule has 2 aromatic carbocycles. The molecule has 3 heterocycles. The summed E-state index contributed by atoms with van der Waals surface area (Å²) in [4.78, 5) is 7.49. The number of fused-ring (bicyclic) bond motifs is 2. The molecule has 7 nitrogen and oxygen atoms in total. The minimum atomic E-state index is -0.447. The highest BCUT2D eigenvalue weighted by atomic mass is 19.1. The molecule has 34 heavy (non-hydrogen) atoms. The van der Waals surface area contributed by atoms with E-state index < -0.39 is 5.82 Å². The first kappa shape index (κ1) is 22.1. The zero-order valence-electron chi connectivity index (χ0n) is 18.8. The van der Waals surface area contributed by atoms with E-state index in [0.29, 0.717) is 65.3 Å². The van der Waals surface area contributed by atoms with Crippen LogP contribution in [0.25, 0.3) is 21.8 Å². The molecule has 0 radical (unpaired) electrons. The first-order valence-electron chi connectivity index (χ1n) is 11.2. The van der Waals surface area contributed by atoms with Crippen molar-refractivity contribution in [2.45, 2.75) is 25.9 Å². The molecule has 0 atom stereocenters. The monoisotopic (exact) mass is 461 g/mol. The van der Waals surface area contributed by atoms with Gasteiger partial charge < -0.3 is 23.9 Å². The van der Waals surface area contributed by atoms with Crippen LogP contribution in [0.1, 0.15) is 24.1 Å². The highest BCUT2D eigenvalue weighted by Crippen LogP contribution is 2.35. The number of aromatic amines is 1. The van der Waals surface area contributed by atoms with Gasteiger partial charge in [-0.2, -0.15) is 5.26 Å². The Hall–Kier alpha value is -3.67. The third-order valence-electron chi connectivity index (χ3n) is 5.84. The van der Waals surface area contributed by atoms with Crippen molar-refractivity contribution in [3.63, 3.8) is 0 Å². The van der Waals surface area contributed by atoms with Crippen molar-refractivity contribution in [1.29, 1.82) is 5.26 Å². The number of aromatic nitrogens is 2. The maximum atomic E-state index is 15.0. The molecule has 0 aliphatic carbocycles. The second-order valence-electron chi connectivity index (χ2n) is 8.21. The molecule has 2 aromatic heterocycles. The van der Waals surface area contributed by atoms with Crippen LogP contribution < -0.4 is 9.47 Å². The van der Waals surface area contributed by atoms with Gasteiger partial charge in [-0.25, -0.2) is 4.39 Å². The average molecular weight is 461 g/mol. The molecule has 0 unspecified atom stereocenters. The minimum Gasteiger partial charge on any atom is -0.490 e. The molecule has 8 heteroatoms. The lowest BCUT2D eigenvalue weighted by Crippen LogP contribution is -2.25. The summed E-state index contributed by atoms with van der Waals surface area (Å²) in [6, 6.07) is 12.3. The first-order chi connectivity index (χ1) is 16.6. The number of H-pyrrole nitrogens is 1. The number of hydrogen-bond acceptors (Lipinski definition) is 6. The van der Waals surface area contributed by atoms with E-state index in [1.54, 1.807) is 42.6 Å². The zero-order valence-corrected chi connectivity index (χ0v) is 18.8. The van der Waals surface area contributed by atoms with Gasteiger partial charge in [0.1, 0.15) is 24.2 Å². The Morgan fingerprint density at radius 1 is 1.09 bits per heavy atom. The predicted molar refractivity (Wildman–Crippen MR) is 125 cm³/mol. The summed E-state index contributed by atoms with van der Waals surface area (Å²) in [5, 5.41) is 10.7. The number of hydrogen-bond donors (Lipinski definition) is 1. The van der Waals surface area contributed by atoms with Crippen molar-refractivity contribution in [2.24, 2.45) is 0 Å². The minimum absolute atomic E-state index is 0.100. The number of benzene rings is 2. The number of nitrogens with one attached hydrogen (secondary N) is 1. The average Bonchev–Trinajstić information content (AvgIpc) is 3.25. The Morgan fingerprint density at radius 2 is 1.94 bits per heavy atom. The van der Waals surface area contributed by atoms with Crippen molar-refractivity contribution in [1.82, 2.24) is 9.97 Å². The topological polar surface area (TPSA) is 89.4 Å². The maximum Gasteiger partial charge on any atom is 0.175 e. The molecule has 0 amide bonds. The second kappa shape index (κ2) is 9.67. The number of halogens is 1. The Balaban J connectivity index is 1.36. The van der Waals surface area contributed by atoms with Crippen LogP contribution >= 0.6 is 0 Å². The van der Waals surface area contributed by atoms with Crippen molar-refractivity contribution in [3.8, 4) is 23.3 Å². The van der Waals surface area contributed by atoms with E-state index in [1.165, 1.54) is 0 Å². The number of aryl methyl sites for hydroxylation is 1. The molecule has 5 rings (SSSR count). The van der Waals surface area contributed by atoms with E-state index in [9.17, 15) is 5.26 Å². The van der Waals surface area contributed by atoms with Gasteiger partial charge in [-0.3, -0.25) is 4.98 Å². The molecular weight excluding hydrogens is 437 g/mol. The molecule has 1 aliphatic rings. The Kier molecular flexibility index (Phi) is 6.30. The fraction of sp³-hybridized carbons (Fsp3) is 0.308. The Labute approximate surface area is 196 Å². The summed E-state index contributed by atoms with van der Waals surface area (Å²) in [5.74, 6) is 0.479. The van der Waals surface area contributed by atoms with Gasteiger partial charge in [0.05, 0.1) is 23.8 Å². The summed E-state index contributed by atoms with van der Waals surface area (Å²) in [5.41, 5.74) is 2.49. The fourth-order valence-electron chi connectivity index (χ4n) is 4.14. The van der Waals surface area contributed by atoms with Crippen LogP contribution in [0, 0.1) is 24.1 Å². The Bertz CT molecular complexity index is 1370.